The maximum absolute atomic E-state index is 9.72. The highest BCUT2D eigenvalue weighted by Crippen LogP contribution is 2.28. The van der Waals surface area contributed by atoms with Crippen LogP contribution in [0, 0.1) is 17.2 Å². The van der Waals surface area contributed by atoms with Crippen LogP contribution < -0.4 is 10.5 Å². The number of aryl methyl sites for hydroxylation is 1. The molecule has 0 saturated carbocycles. The molecular weight excluding hydrogens is 448 g/mol. The van der Waals surface area contributed by atoms with Crippen LogP contribution in [-0.2, 0) is 12.8 Å². The summed E-state index contributed by atoms with van der Waals surface area (Å²) in [4.78, 5) is 14.4. The van der Waals surface area contributed by atoms with Crippen LogP contribution in [0.3, 0.4) is 0 Å². The number of aromatic amines is 1. The Morgan fingerprint density at radius 2 is 1.81 bits per heavy atom. The summed E-state index contributed by atoms with van der Waals surface area (Å²) in [7, 11) is 2.22. The number of fused-ring (bicyclic) bond motifs is 1. The molecule has 7 heteroatoms. The molecule has 0 spiro atoms. The standard InChI is InChI=1S/C29H42N6O/c1-5-8-18-36-29-33-26-24(25(20-30)32-27(26)28(31)34-29)19-23-13-11-22(12-14-23)10-9-21(7-3)15-17-35(4)16-6-2/h11-14,21,32H,5-10,15-19H2,1-4H3,(H2,31,33,34). The Hall–Kier alpha value is -3.11. The zero-order valence-corrected chi connectivity index (χ0v) is 22.4. The third kappa shape index (κ3) is 7.44. The summed E-state index contributed by atoms with van der Waals surface area (Å²) in [6.45, 7) is 9.54. The number of aromatic nitrogens is 3. The van der Waals surface area contributed by atoms with Crippen LogP contribution >= 0.6 is 0 Å². The molecular formula is C29H42N6O. The molecule has 36 heavy (non-hydrogen) atoms. The molecule has 1 unspecified atom stereocenters. The van der Waals surface area contributed by atoms with Crippen molar-refractivity contribution < 1.29 is 4.74 Å². The quantitative estimate of drug-likeness (QED) is 0.258. The maximum Gasteiger partial charge on any atom is 0.319 e. The van der Waals surface area contributed by atoms with E-state index in [-0.39, 0.29) is 6.01 Å². The monoisotopic (exact) mass is 490 g/mol. The fourth-order valence-corrected chi connectivity index (χ4v) is 4.60. The Bertz CT molecular complexity index is 1130. The van der Waals surface area contributed by atoms with E-state index in [4.69, 9.17) is 10.5 Å². The van der Waals surface area contributed by atoms with E-state index in [0.29, 0.717) is 35.6 Å². The SMILES string of the molecule is CCCCOc1nc(N)c2[nH]c(C#N)c(Cc3ccc(CCC(CC)CCN(C)CCC)cc3)c2n1. The molecule has 0 amide bonds. The minimum atomic E-state index is 0.264. The molecule has 1 atom stereocenters. The molecule has 0 aliphatic rings. The van der Waals surface area contributed by atoms with Crippen LogP contribution in [0.5, 0.6) is 6.01 Å². The molecule has 3 aromatic rings. The third-order valence-electron chi connectivity index (χ3n) is 6.94. The van der Waals surface area contributed by atoms with Crippen LogP contribution in [0.4, 0.5) is 5.82 Å². The van der Waals surface area contributed by atoms with Crippen LogP contribution in [0.25, 0.3) is 11.0 Å². The number of ether oxygens (including phenoxy) is 1. The maximum atomic E-state index is 9.72. The predicted molar refractivity (Wildman–Crippen MR) is 147 cm³/mol. The third-order valence-corrected chi connectivity index (χ3v) is 6.94. The first-order valence-electron chi connectivity index (χ1n) is 13.5. The van der Waals surface area contributed by atoms with Gasteiger partial charge in [0.25, 0.3) is 0 Å². The molecule has 3 rings (SSSR count). The Labute approximate surface area is 216 Å². The highest BCUT2D eigenvalue weighted by molar-refractivity contribution is 5.90. The smallest absolute Gasteiger partial charge is 0.319 e. The molecule has 0 saturated heterocycles. The number of H-pyrrole nitrogens is 1. The van der Waals surface area contributed by atoms with Crippen LogP contribution in [0.1, 0.15) is 81.7 Å². The first-order valence-corrected chi connectivity index (χ1v) is 13.5. The van der Waals surface area contributed by atoms with Crippen LogP contribution in [-0.4, -0.2) is 46.6 Å². The number of unbranched alkanes of at least 4 members (excludes halogenated alkanes) is 1. The number of anilines is 1. The summed E-state index contributed by atoms with van der Waals surface area (Å²) in [6.07, 6.45) is 8.55. The van der Waals surface area contributed by atoms with Crippen molar-refractivity contribution in [2.75, 3.05) is 32.5 Å². The molecule has 0 aliphatic carbocycles. The number of nitrogens with one attached hydrogen (secondary N) is 1. The second-order valence-electron chi connectivity index (χ2n) is 9.81. The van der Waals surface area contributed by atoms with Gasteiger partial charge in [-0.3, -0.25) is 0 Å². The van der Waals surface area contributed by atoms with Gasteiger partial charge in [-0.15, -0.1) is 0 Å². The molecule has 194 valence electrons. The van der Waals surface area contributed by atoms with Crippen molar-refractivity contribution in [2.45, 2.75) is 72.1 Å². The molecule has 7 nitrogen and oxygen atoms in total. The average molecular weight is 491 g/mol. The van der Waals surface area contributed by atoms with E-state index in [9.17, 15) is 5.26 Å². The Kier molecular flexibility index (Phi) is 10.6. The van der Waals surface area contributed by atoms with E-state index >= 15 is 0 Å². The summed E-state index contributed by atoms with van der Waals surface area (Å²) >= 11 is 0. The van der Waals surface area contributed by atoms with Crippen LogP contribution in [0.2, 0.25) is 0 Å². The van der Waals surface area contributed by atoms with Gasteiger partial charge in [-0.2, -0.15) is 15.2 Å². The van der Waals surface area contributed by atoms with Crippen molar-refractivity contribution in [3.8, 4) is 12.1 Å². The zero-order chi connectivity index (χ0) is 25.9. The normalized spacial score (nSPS) is 12.2. The van der Waals surface area contributed by atoms with E-state index in [0.717, 1.165) is 36.3 Å². The van der Waals surface area contributed by atoms with Gasteiger partial charge in [0.1, 0.15) is 22.8 Å². The van der Waals surface area contributed by atoms with Crippen molar-refractivity contribution in [2.24, 2.45) is 5.92 Å². The molecule has 2 aromatic heterocycles. The van der Waals surface area contributed by atoms with E-state index < -0.39 is 0 Å². The number of nitrogen functional groups attached to an aromatic ring is 1. The number of nitrogens with zero attached hydrogens (tertiary/aromatic N) is 4. The molecule has 1 aromatic carbocycles. The molecule has 0 bridgehead atoms. The lowest BCUT2D eigenvalue weighted by Gasteiger charge is -2.20. The topological polar surface area (TPSA) is 104 Å². The number of benzene rings is 1. The lowest BCUT2D eigenvalue weighted by atomic mass is 9.93. The van der Waals surface area contributed by atoms with E-state index in [1.807, 2.05) is 0 Å². The number of hydrogen-bond acceptors (Lipinski definition) is 6. The fourth-order valence-electron chi connectivity index (χ4n) is 4.60. The van der Waals surface area contributed by atoms with Gasteiger partial charge in [0.2, 0.25) is 0 Å². The van der Waals surface area contributed by atoms with Crippen molar-refractivity contribution >= 4 is 16.9 Å². The summed E-state index contributed by atoms with van der Waals surface area (Å²) in [5, 5.41) is 9.72. The lowest BCUT2D eigenvalue weighted by Crippen LogP contribution is -2.22. The second-order valence-corrected chi connectivity index (χ2v) is 9.81. The molecule has 3 N–H and O–H groups in total. The van der Waals surface area contributed by atoms with Crippen molar-refractivity contribution in [1.82, 2.24) is 19.9 Å². The Balaban J connectivity index is 1.68. The van der Waals surface area contributed by atoms with Crippen molar-refractivity contribution in [3.05, 3.63) is 46.6 Å². The zero-order valence-electron chi connectivity index (χ0n) is 22.4. The second kappa shape index (κ2) is 13.8. The Morgan fingerprint density at radius 3 is 2.47 bits per heavy atom. The van der Waals surface area contributed by atoms with E-state index in [2.05, 4.69) is 78.0 Å². The van der Waals surface area contributed by atoms with Gasteiger partial charge in [-0.25, -0.2) is 0 Å². The average Bonchev–Trinajstić information content (AvgIpc) is 3.23. The van der Waals surface area contributed by atoms with Crippen LogP contribution in [0.15, 0.2) is 24.3 Å². The first-order chi connectivity index (χ1) is 17.5. The lowest BCUT2D eigenvalue weighted by molar-refractivity contribution is 0.287. The predicted octanol–water partition coefficient (Wildman–Crippen LogP) is 5.87. The van der Waals surface area contributed by atoms with Gasteiger partial charge >= 0.3 is 6.01 Å². The minimum absolute atomic E-state index is 0.264. The van der Waals surface area contributed by atoms with Crippen molar-refractivity contribution in [3.63, 3.8) is 0 Å². The summed E-state index contributed by atoms with van der Waals surface area (Å²) in [5.74, 6) is 1.06. The minimum Gasteiger partial charge on any atom is -0.463 e. The number of rotatable bonds is 15. The number of nitriles is 1. The van der Waals surface area contributed by atoms with Crippen molar-refractivity contribution in [1.29, 1.82) is 5.26 Å². The van der Waals surface area contributed by atoms with Gasteiger partial charge in [0.05, 0.1) is 6.61 Å². The van der Waals surface area contributed by atoms with Gasteiger partial charge in [0.15, 0.2) is 5.82 Å². The highest BCUT2D eigenvalue weighted by Gasteiger charge is 2.18. The summed E-state index contributed by atoms with van der Waals surface area (Å²) in [6, 6.07) is 11.3. The Morgan fingerprint density at radius 1 is 1.06 bits per heavy atom. The number of nitrogens with two attached hydrogens (primary N) is 1. The molecule has 2 heterocycles. The van der Waals surface area contributed by atoms with E-state index in [1.165, 1.54) is 44.3 Å². The number of hydrogen-bond donors (Lipinski definition) is 2. The van der Waals surface area contributed by atoms with Gasteiger partial charge < -0.3 is 20.4 Å². The molecule has 0 aliphatic heterocycles. The highest BCUT2D eigenvalue weighted by atomic mass is 16.5. The molecule has 0 radical (unpaired) electrons. The van der Waals surface area contributed by atoms with E-state index in [1.54, 1.807) is 0 Å². The molecule has 0 fully saturated rings. The van der Waals surface area contributed by atoms with Gasteiger partial charge in [-0.1, -0.05) is 57.9 Å². The summed E-state index contributed by atoms with van der Waals surface area (Å²) < 4.78 is 5.70. The summed E-state index contributed by atoms with van der Waals surface area (Å²) in [5.41, 5.74) is 11.2. The van der Waals surface area contributed by atoms with Gasteiger partial charge in [-0.05, 0) is 69.3 Å². The fraction of sp³-hybridized carbons (Fsp3) is 0.552. The largest absolute Gasteiger partial charge is 0.463 e. The first kappa shape index (κ1) is 27.5. The van der Waals surface area contributed by atoms with Gasteiger partial charge in [0, 0.05) is 12.0 Å².